The molecule has 0 saturated carbocycles. The van der Waals surface area contributed by atoms with Gasteiger partial charge in [-0.3, -0.25) is 4.57 Å². The lowest BCUT2D eigenvalue weighted by atomic mass is 9.85. The largest absolute Gasteiger partial charge is 0.333 e. The van der Waals surface area contributed by atoms with Gasteiger partial charge in [0.1, 0.15) is 6.07 Å². The summed E-state index contributed by atoms with van der Waals surface area (Å²) in [5.74, 6) is 1.78. The van der Waals surface area contributed by atoms with Gasteiger partial charge in [0.25, 0.3) is 0 Å². The van der Waals surface area contributed by atoms with Gasteiger partial charge in [0.15, 0.2) is 11.6 Å². The van der Waals surface area contributed by atoms with Crippen molar-refractivity contribution >= 4 is 55.0 Å². The summed E-state index contributed by atoms with van der Waals surface area (Å²) in [6.45, 7) is 13.5. The molecule has 0 amide bonds. The van der Waals surface area contributed by atoms with Crippen molar-refractivity contribution in [1.29, 1.82) is 5.26 Å². The summed E-state index contributed by atoms with van der Waals surface area (Å²) in [4.78, 5) is 18.1. The van der Waals surface area contributed by atoms with E-state index < -0.39 is 0 Å². The highest BCUT2D eigenvalue weighted by Gasteiger charge is 2.38. The molecule has 67 heavy (non-hydrogen) atoms. The summed E-state index contributed by atoms with van der Waals surface area (Å²) in [7, 11) is 0. The molecule has 7 nitrogen and oxygen atoms in total. The lowest BCUT2D eigenvalue weighted by Gasteiger charge is -2.28. The molecule has 2 unspecified atom stereocenters. The Morgan fingerprint density at radius 2 is 1.09 bits per heavy atom. The summed E-state index contributed by atoms with van der Waals surface area (Å²) in [5, 5.41) is 15.7. The van der Waals surface area contributed by atoms with Crippen molar-refractivity contribution in [2.24, 2.45) is 0 Å². The summed E-state index contributed by atoms with van der Waals surface area (Å²) >= 11 is 0. The molecule has 7 aromatic carbocycles. The number of benzene rings is 7. The van der Waals surface area contributed by atoms with Gasteiger partial charge in [0.05, 0.1) is 39.4 Å². The maximum absolute atomic E-state index is 11.1. The van der Waals surface area contributed by atoms with E-state index in [4.69, 9.17) is 15.0 Å². The fourth-order valence-corrected chi connectivity index (χ4v) is 10.4. The number of anilines is 2. The maximum Gasteiger partial charge on any atom is 0.238 e. The summed E-state index contributed by atoms with van der Waals surface area (Å²) < 4.78 is 4.44. The maximum atomic E-state index is 11.1. The SMILES string of the molecule is CC(C)(C)c1ccc2c(c1)c1cc(C(C)(C)C)ccc1n2-c1nc(-c2ccccc2)nc(-c2ccc(-n3c4ccccc4c4cc5c(cc43)N(c3ccccc3)C3C=CC=CC53)c(C#N)c2)n1. The van der Waals surface area contributed by atoms with E-state index in [9.17, 15) is 5.26 Å². The topological polar surface area (TPSA) is 75.6 Å². The molecule has 10 aromatic rings. The van der Waals surface area contributed by atoms with E-state index in [0.717, 1.165) is 66.1 Å². The molecule has 1 aliphatic carbocycles. The molecule has 12 rings (SSSR count). The third-order valence-corrected chi connectivity index (χ3v) is 13.8. The van der Waals surface area contributed by atoms with E-state index in [2.05, 4.69) is 201 Å². The molecule has 7 heteroatoms. The van der Waals surface area contributed by atoms with Crippen molar-refractivity contribution < 1.29 is 0 Å². The van der Waals surface area contributed by atoms with E-state index >= 15 is 0 Å². The lowest BCUT2D eigenvalue weighted by molar-refractivity contribution is 0.590. The average Bonchev–Trinajstić information content (AvgIpc) is 3.97. The minimum absolute atomic E-state index is 0.0365. The Balaban J connectivity index is 1.06. The number of allylic oxidation sites excluding steroid dienone is 2. The smallest absolute Gasteiger partial charge is 0.238 e. The highest BCUT2D eigenvalue weighted by molar-refractivity contribution is 6.12. The van der Waals surface area contributed by atoms with E-state index in [1.807, 2.05) is 36.4 Å². The molecule has 0 N–H and O–H groups in total. The molecule has 1 aliphatic heterocycles. The summed E-state index contributed by atoms with van der Waals surface area (Å²) in [6.07, 6.45) is 8.96. The van der Waals surface area contributed by atoms with Crippen LogP contribution < -0.4 is 4.90 Å². The standard InChI is InChI=1S/C60H49N7/c1-59(2,3)40-26-29-52-45(32-40)46-33-41(60(4,5)6)27-30-53(46)67(52)58-63-56(37-17-9-7-10-18-37)62-57(64-58)38-25-28-49(39(31-38)36-61)66-51-24-16-14-22-44(51)48-34-47-43-21-13-15-23-50(43)65(54(47)35-55(48)66)42-19-11-8-12-20-42/h7-35,43,50H,1-6H3. The second kappa shape index (κ2) is 15.0. The van der Waals surface area contributed by atoms with Crippen molar-refractivity contribution in [1.82, 2.24) is 24.1 Å². The monoisotopic (exact) mass is 867 g/mol. The zero-order chi connectivity index (χ0) is 45.8. The van der Waals surface area contributed by atoms with E-state index in [1.54, 1.807) is 0 Å². The Kier molecular flexibility index (Phi) is 9.04. The van der Waals surface area contributed by atoms with Gasteiger partial charge in [-0.1, -0.05) is 145 Å². The van der Waals surface area contributed by atoms with Gasteiger partial charge in [-0.25, -0.2) is 4.98 Å². The highest BCUT2D eigenvalue weighted by Crippen LogP contribution is 2.50. The van der Waals surface area contributed by atoms with Gasteiger partial charge in [0, 0.05) is 50.0 Å². The number of fused-ring (bicyclic) bond motifs is 9. The van der Waals surface area contributed by atoms with Crippen LogP contribution in [0, 0.1) is 11.3 Å². The Hall–Kier alpha value is -8.08. The molecule has 0 fully saturated rings. The molecule has 4 heterocycles. The number of aromatic nitrogens is 5. The molecular weight excluding hydrogens is 819 g/mol. The molecule has 2 atom stereocenters. The summed E-state index contributed by atoms with van der Waals surface area (Å²) in [6, 6.07) is 56.3. The van der Waals surface area contributed by atoms with Crippen molar-refractivity contribution in [3.8, 4) is 40.5 Å². The predicted molar refractivity (Wildman–Crippen MR) is 275 cm³/mol. The Morgan fingerprint density at radius 1 is 0.493 bits per heavy atom. The number of para-hydroxylation sites is 2. The van der Waals surface area contributed by atoms with Gasteiger partial charge in [-0.2, -0.15) is 15.2 Å². The fraction of sp³-hybridized carbons (Fsp3) is 0.167. The molecule has 2 aliphatic rings. The molecule has 324 valence electrons. The first-order valence-electron chi connectivity index (χ1n) is 23.2. The second-order valence-corrected chi connectivity index (χ2v) is 20.1. The third kappa shape index (κ3) is 6.50. The number of hydrogen-bond acceptors (Lipinski definition) is 5. The first-order valence-corrected chi connectivity index (χ1v) is 23.2. The quantitative estimate of drug-likeness (QED) is 0.172. The molecule has 0 saturated heterocycles. The molecule has 0 bridgehead atoms. The minimum atomic E-state index is -0.0365. The molecule has 0 spiro atoms. The average molecular weight is 868 g/mol. The minimum Gasteiger partial charge on any atom is -0.333 e. The number of hydrogen-bond donors (Lipinski definition) is 0. The zero-order valence-corrected chi connectivity index (χ0v) is 38.5. The van der Waals surface area contributed by atoms with Gasteiger partial charge < -0.3 is 9.47 Å². The van der Waals surface area contributed by atoms with Gasteiger partial charge in [-0.05, 0) is 100 Å². The first-order chi connectivity index (χ1) is 32.4. The Morgan fingerprint density at radius 3 is 1.76 bits per heavy atom. The lowest BCUT2D eigenvalue weighted by Crippen LogP contribution is -2.28. The zero-order valence-electron chi connectivity index (χ0n) is 38.5. The number of rotatable bonds is 5. The van der Waals surface area contributed by atoms with Crippen LogP contribution in [0.25, 0.3) is 78.0 Å². The van der Waals surface area contributed by atoms with Gasteiger partial charge in [0.2, 0.25) is 5.95 Å². The van der Waals surface area contributed by atoms with E-state index in [-0.39, 0.29) is 22.8 Å². The summed E-state index contributed by atoms with van der Waals surface area (Å²) in [5.41, 5.74) is 13.1. The van der Waals surface area contributed by atoms with Crippen LogP contribution in [0.5, 0.6) is 0 Å². The molecule has 0 radical (unpaired) electrons. The second-order valence-electron chi connectivity index (χ2n) is 20.1. The first kappa shape index (κ1) is 40.4. The number of nitriles is 1. The third-order valence-electron chi connectivity index (χ3n) is 13.8. The molecular formula is C60H49N7. The van der Waals surface area contributed by atoms with E-state index in [0.29, 0.717) is 23.2 Å². The predicted octanol–water partition coefficient (Wildman–Crippen LogP) is 14.6. The van der Waals surface area contributed by atoms with Crippen molar-refractivity contribution in [2.75, 3.05) is 4.90 Å². The van der Waals surface area contributed by atoms with Crippen LogP contribution in [0.3, 0.4) is 0 Å². The fourth-order valence-electron chi connectivity index (χ4n) is 10.4. The number of nitrogens with zero attached hydrogens (tertiary/aromatic N) is 7. The van der Waals surface area contributed by atoms with Crippen molar-refractivity contribution in [3.63, 3.8) is 0 Å². The van der Waals surface area contributed by atoms with Crippen LogP contribution in [0.15, 0.2) is 176 Å². The highest BCUT2D eigenvalue weighted by atomic mass is 15.2. The van der Waals surface area contributed by atoms with Crippen molar-refractivity contribution in [2.45, 2.75) is 64.3 Å². The Bertz CT molecular complexity index is 3670. The van der Waals surface area contributed by atoms with Crippen LogP contribution >= 0.6 is 0 Å². The van der Waals surface area contributed by atoms with Crippen LogP contribution in [0.1, 0.15) is 69.7 Å². The van der Waals surface area contributed by atoms with Crippen LogP contribution in [-0.4, -0.2) is 30.1 Å². The van der Waals surface area contributed by atoms with E-state index in [1.165, 1.54) is 22.4 Å². The normalized spacial score (nSPS) is 15.7. The molecule has 3 aromatic heterocycles. The van der Waals surface area contributed by atoms with Crippen LogP contribution in [0.2, 0.25) is 0 Å². The van der Waals surface area contributed by atoms with Gasteiger partial charge in [-0.15, -0.1) is 0 Å². The Labute approximate surface area is 390 Å². The van der Waals surface area contributed by atoms with Crippen molar-refractivity contribution in [3.05, 3.63) is 198 Å². The van der Waals surface area contributed by atoms with Crippen LogP contribution in [0.4, 0.5) is 11.4 Å². The van der Waals surface area contributed by atoms with Gasteiger partial charge >= 0.3 is 0 Å². The van der Waals surface area contributed by atoms with Crippen LogP contribution in [-0.2, 0) is 10.8 Å².